The second-order valence-corrected chi connectivity index (χ2v) is 6.30. The van der Waals surface area contributed by atoms with E-state index in [9.17, 15) is 19.2 Å². The van der Waals surface area contributed by atoms with Gasteiger partial charge in [0.1, 0.15) is 22.5 Å². The summed E-state index contributed by atoms with van der Waals surface area (Å²) in [4.78, 5) is 57.8. The van der Waals surface area contributed by atoms with E-state index in [1.165, 1.54) is 53.6 Å². The summed E-state index contributed by atoms with van der Waals surface area (Å²) >= 11 is 0. The Morgan fingerprint density at radius 2 is 1.53 bits per heavy atom. The van der Waals surface area contributed by atoms with Crippen molar-refractivity contribution in [1.82, 2.24) is 14.5 Å². The molecule has 0 aliphatic heterocycles. The van der Waals surface area contributed by atoms with Gasteiger partial charge < -0.3 is 19.4 Å². The third kappa shape index (κ3) is 4.86. The van der Waals surface area contributed by atoms with Crippen molar-refractivity contribution in [3.8, 4) is 5.82 Å². The third-order valence-corrected chi connectivity index (χ3v) is 4.23. The molecule has 0 spiro atoms. The quantitative estimate of drug-likeness (QED) is 0.558. The molecule has 3 heterocycles. The molecule has 164 valence electrons. The number of esters is 2. The highest BCUT2D eigenvalue weighted by Gasteiger charge is 2.20. The van der Waals surface area contributed by atoms with Gasteiger partial charge in [-0.15, -0.1) is 0 Å². The van der Waals surface area contributed by atoms with Gasteiger partial charge in [0.05, 0.1) is 13.2 Å². The smallest absolute Gasteiger partial charge is 0.341 e. The Bertz CT molecular complexity index is 1220. The fourth-order valence-corrected chi connectivity index (χ4v) is 2.81. The summed E-state index contributed by atoms with van der Waals surface area (Å²) < 4.78 is 11.4. The Labute approximate surface area is 182 Å². The standard InChI is InChI=1S/C22H20N4O6/c1-3-31-21(29)14-7-5-10-23-18(14)25-20(28)16-13-26(12-9-17(16)27)19-15(8-6-11-24-19)22(30)32-4-2/h5-13H,3-4H2,1-2H3,(H,23,25,28). The third-order valence-electron chi connectivity index (χ3n) is 4.23. The molecule has 0 aliphatic rings. The first-order valence-corrected chi connectivity index (χ1v) is 9.74. The number of nitrogens with zero attached hydrogens (tertiary/aromatic N) is 3. The maximum atomic E-state index is 12.8. The molecular formula is C22H20N4O6. The fourth-order valence-electron chi connectivity index (χ4n) is 2.81. The lowest BCUT2D eigenvalue weighted by Crippen LogP contribution is -2.24. The van der Waals surface area contributed by atoms with Crippen LogP contribution in [0, 0.1) is 0 Å². The number of anilines is 1. The van der Waals surface area contributed by atoms with Crippen molar-refractivity contribution in [3.63, 3.8) is 0 Å². The van der Waals surface area contributed by atoms with Crippen LogP contribution in [0.1, 0.15) is 44.9 Å². The van der Waals surface area contributed by atoms with Crippen LogP contribution in [0.2, 0.25) is 0 Å². The maximum Gasteiger partial charge on any atom is 0.341 e. The summed E-state index contributed by atoms with van der Waals surface area (Å²) in [5.41, 5.74) is -0.596. The molecule has 0 fully saturated rings. The Morgan fingerprint density at radius 1 is 0.906 bits per heavy atom. The summed E-state index contributed by atoms with van der Waals surface area (Å²) in [5.74, 6) is -1.90. The predicted molar refractivity (Wildman–Crippen MR) is 114 cm³/mol. The normalized spacial score (nSPS) is 10.3. The zero-order valence-corrected chi connectivity index (χ0v) is 17.4. The highest BCUT2D eigenvalue weighted by molar-refractivity contribution is 6.07. The van der Waals surface area contributed by atoms with Crippen LogP contribution in [0.3, 0.4) is 0 Å². The van der Waals surface area contributed by atoms with E-state index < -0.39 is 23.3 Å². The molecule has 0 aromatic carbocycles. The molecule has 0 atom stereocenters. The SMILES string of the molecule is CCOC(=O)c1cccnc1NC(=O)c1cn(-c2ncccc2C(=O)OCC)ccc1=O. The molecule has 0 unspecified atom stereocenters. The van der Waals surface area contributed by atoms with Crippen molar-refractivity contribution in [2.75, 3.05) is 18.5 Å². The lowest BCUT2D eigenvalue weighted by atomic mass is 10.2. The monoisotopic (exact) mass is 436 g/mol. The van der Waals surface area contributed by atoms with E-state index in [1.807, 2.05) is 0 Å². The molecule has 0 aliphatic carbocycles. The minimum atomic E-state index is -0.790. The van der Waals surface area contributed by atoms with Gasteiger partial charge in [-0.05, 0) is 38.1 Å². The van der Waals surface area contributed by atoms with Crippen molar-refractivity contribution in [2.24, 2.45) is 0 Å². The molecule has 0 saturated carbocycles. The Hall–Kier alpha value is -4.34. The molecule has 0 radical (unpaired) electrons. The van der Waals surface area contributed by atoms with Crippen LogP contribution in [0.15, 0.2) is 59.9 Å². The number of hydrogen-bond donors (Lipinski definition) is 1. The summed E-state index contributed by atoms with van der Waals surface area (Å²) in [6, 6.07) is 7.24. The van der Waals surface area contributed by atoms with Gasteiger partial charge in [-0.25, -0.2) is 19.6 Å². The Balaban J connectivity index is 1.97. The van der Waals surface area contributed by atoms with Crippen LogP contribution in [0.25, 0.3) is 5.82 Å². The summed E-state index contributed by atoms with van der Waals surface area (Å²) in [6.45, 7) is 3.66. The van der Waals surface area contributed by atoms with E-state index in [4.69, 9.17) is 9.47 Å². The average molecular weight is 436 g/mol. The van der Waals surface area contributed by atoms with Crippen molar-refractivity contribution >= 4 is 23.7 Å². The average Bonchev–Trinajstić information content (AvgIpc) is 2.80. The molecule has 0 bridgehead atoms. The lowest BCUT2D eigenvalue weighted by molar-refractivity contribution is 0.0516. The molecule has 1 amide bonds. The molecule has 10 nitrogen and oxygen atoms in total. The number of hydrogen-bond acceptors (Lipinski definition) is 8. The van der Waals surface area contributed by atoms with Gasteiger partial charge in [0.25, 0.3) is 5.91 Å². The van der Waals surface area contributed by atoms with Crippen molar-refractivity contribution in [2.45, 2.75) is 13.8 Å². The van der Waals surface area contributed by atoms with Gasteiger partial charge in [-0.2, -0.15) is 0 Å². The molecule has 1 N–H and O–H groups in total. The van der Waals surface area contributed by atoms with Gasteiger partial charge in [0.2, 0.25) is 0 Å². The number of aromatic nitrogens is 3. The topological polar surface area (TPSA) is 129 Å². The summed E-state index contributed by atoms with van der Waals surface area (Å²) in [5, 5.41) is 2.47. The first-order valence-electron chi connectivity index (χ1n) is 9.74. The summed E-state index contributed by atoms with van der Waals surface area (Å²) in [7, 11) is 0. The predicted octanol–water partition coefficient (Wildman–Crippen LogP) is 2.23. The van der Waals surface area contributed by atoms with Crippen LogP contribution >= 0.6 is 0 Å². The molecule has 10 heteroatoms. The van der Waals surface area contributed by atoms with Crippen LogP contribution in [0.4, 0.5) is 5.82 Å². The van der Waals surface area contributed by atoms with Gasteiger partial charge in [-0.1, -0.05) is 0 Å². The molecule has 3 aromatic rings. The van der Waals surface area contributed by atoms with E-state index in [2.05, 4.69) is 15.3 Å². The van der Waals surface area contributed by atoms with E-state index in [0.29, 0.717) is 0 Å². The number of carbonyl (C=O) groups excluding carboxylic acids is 3. The number of carbonyl (C=O) groups is 3. The fraction of sp³-hybridized carbons (Fsp3) is 0.182. The molecular weight excluding hydrogens is 416 g/mol. The van der Waals surface area contributed by atoms with Crippen molar-refractivity contribution < 1.29 is 23.9 Å². The van der Waals surface area contributed by atoms with Gasteiger partial charge in [0, 0.05) is 30.9 Å². The van der Waals surface area contributed by atoms with Crippen LogP contribution in [-0.2, 0) is 9.47 Å². The summed E-state index contributed by atoms with van der Waals surface area (Å²) in [6.07, 6.45) is 5.49. The van der Waals surface area contributed by atoms with Crippen molar-refractivity contribution in [3.05, 3.63) is 82.0 Å². The highest BCUT2D eigenvalue weighted by atomic mass is 16.5. The lowest BCUT2D eigenvalue weighted by Gasteiger charge is -2.12. The van der Waals surface area contributed by atoms with E-state index >= 15 is 0 Å². The van der Waals surface area contributed by atoms with E-state index in [0.717, 1.165) is 0 Å². The van der Waals surface area contributed by atoms with Crippen LogP contribution < -0.4 is 10.7 Å². The molecule has 0 saturated heterocycles. The minimum absolute atomic E-state index is 0.0456. The Morgan fingerprint density at radius 3 is 2.22 bits per heavy atom. The largest absolute Gasteiger partial charge is 0.462 e. The van der Waals surface area contributed by atoms with Crippen molar-refractivity contribution in [1.29, 1.82) is 0 Å². The first kappa shape index (κ1) is 22.3. The molecule has 3 aromatic heterocycles. The van der Waals surface area contributed by atoms with Gasteiger partial charge in [-0.3, -0.25) is 9.59 Å². The first-order chi connectivity index (χ1) is 15.5. The second kappa shape index (κ2) is 10.1. The van der Waals surface area contributed by atoms with E-state index in [1.54, 1.807) is 19.9 Å². The highest BCUT2D eigenvalue weighted by Crippen LogP contribution is 2.16. The number of rotatable bonds is 7. The van der Waals surface area contributed by atoms with Gasteiger partial charge in [0.15, 0.2) is 11.2 Å². The number of nitrogens with one attached hydrogen (secondary N) is 1. The minimum Gasteiger partial charge on any atom is -0.462 e. The van der Waals surface area contributed by atoms with Crippen LogP contribution in [-0.4, -0.2) is 45.6 Å². The Kier molecular flexibility index (Phi) is 7.06. The second-order valence-electron chi connectivity index (χ2n) is 6.30. The number of amides is 1. The molecule has 32 heavy (non-hydrogen) atoms. The number of pyridine rings is 3. The number of ether oxygens (including phenoxy) is 2. The maximum absolute atomic E-state index is 12.8. The van der Waals surface area contributed by atoms with Gasteiger partial charge >= 0.3 is 11.9 Å². The zero-order chi connectivity index (χ0) is 23.1. The van der Waals surface area contributed by atoms with E-state index in [-0.39, 0.29) is 41.5 Å². The van der Waals surface area contributed by atoms with Crippen LogP contribution in [0.5, 0.6) is 0 Å². The zero-order valence-electron chi connectivity index (χ0n) is 17.4. The molecule has 3 rings (SSSR count).